The van der Waals surface area contributed by atoms with E-state index in [2.05, 4.69) is 15.2 Å². The number of nitrogens with one attached hydrogen (secondary N) is 1. The summed E-state index contributed by atoms with van der Waals surface area (Å²) in [6.07, 6.45) is 1.44. The minimum absolute atomic E-state index is 0.0550. The van der Waals surface area contributed by atoms with Crippen molar-refractivity contribution in [2.75, 3.05) is 39.0 Å². The van der Waals surface area contributed by atoms with Crippen molar-refractivity contribution in [3.05, 3.63) is 0 Å². The lowest BCUT2D eigenvalue weighted by atomic mass is 9.97. The molecule has 0 aromatic heterocycles. The van der Waals surface area contributed by atoms with Crippen LogP contribution in [0, 0.1) is 5.92 Å². The summed E-state index contributed by atoms with van der Waals surface area (Å²) in [6, 6.07) is 0. The summed E-state index contributed by atoms with van der Waals surface area (Å²) in [5.41, 5.74) is 0. The van der Waals surface area contributed by atoms with Gasteiger partial charge < -0.3 is 15.0 Å². The van der Waals surface area contributed by atoms with Crippen LogP contribution in [0.15, 0.2) is 4.99 Å². The van der Waals surface area contributed by atoms with Gasteiger partial charge in [-0.05, 0) is 40.5 Å². The number of carbonyl (C=O) groups excluding carboxylic acids is 1. The fourth-order valence-electron chi connectivity index (χ4n) is 2.52. The Morgan fingerprint density at radius 1 is 1.29 bits per heavy atom. The fourth-order valence-corrected chi connectivity index (χ4v) is 3.51. The normalized spacial score (nSPS) is 17.7. The van der Waals surface area contributed by atoms with Gasteiger partial charge in [0.05, 0.1) is 23.0 Å². The van der Waals surface area contributed by atoms with Crippen LogP contribution in [0.4, 0.5) is 0 Å². The van der Waals surface area contributed by atoms with Crippen LogP contribution >= 0.6 is 0 Å². The Hall–Kier alpha value is -1.31. The highest BCUT2D eigenvalue weighted by Gasteiger charge is 2.29. The molecular formula is C16H31N3O4S. The maximum Gasteiger partial charge on any atom is 0.309 e. The van der Waals surface area contributed by atoms with E-state index in [9.17, 15) is 13.2 Å². The molecule has 140 valence electrons. The monoisotopic (exact) mass is 361 g/mol. The number of likely N-dealkylation sites (tertiary alicyclic amines) is 1. The van der Waals surface area contributed by atoms with Crippen molar-refractivity contribution in [1.82, 2.24) is 10.2 Å². The second kappa shape index (κ2) is 8.69. The molecule has 0 aromatic carbocycles. The van der Waals surface area contributed by atoms with Gasteiger partial charge in [-0.1, -0.05) is 0 Å². The lowest BCUT2D eigenvalue weighted by molar-refractivity contribution is -0.149. The van der Waals surface area contributed by atoms with Crippen LogP contribution in [-0.2, 0) is 19.4 Å². The smallest absolute Gasteiger partial charge is 0.309 e. The number of esters is 1. The van der Waals surface area contributed by atoms with Crippen LogP contribution in [0.25, 0.3) is 0 Å². The molecule has 0 amide bonds. The first kappa shape index (κ1) is 20.7. The zero-order chi connectivity index (χ0) is 18.4. The highest BCUT2D eigenvalue weighted by Crippen LogP contribution is 2.19. The van der Waals surface area contributed by atoms with Crippen molar-refractivity contribution in [3.8, 4) is 0 Å². The van der Waals surface area contributed by atoms with Crippen molar-refractivity contribution in [2.24, 2.45) is 10.9 Å². The van der Waals surface area contributed by atoms with E-state index in [1.54, 1.807) is 27.8 Å². The van der Waals surface area contributed by atoms with Crippen LogP contribution in [0.1, 0.15) is 40.5 Å². The van der Waals surface area contributed by atoms with Crippen LogP contribution < -0.4 is 5.32 Å². The number of guanidine groups is 1. The Morgan fingerprint density at radius 3 is 2.33 bits per heavy atom. The highest BCUT2D eigenvalue weighted by atomic mass is 32.2. The predicted octanol–water partition coefficient (Wildman–Crippen LogP) is 1.05. The van der Waals surface area contributed by atoms with Crippen molar-refractivity contribution in [2.45, 2.75) is 45.3 Å². The van der Waals surface area contributed by atoms with Gasteiger partial charge in [0.25, 0.3) is 0 Å². The molecular weight excluding hydrogens is 330 g/mol. The number of hydrogen-bond donors (Lipinski definition) is 1. The number of ether oxygens (including phenoxy) is 1. The van der Waals surface area contributed by atoms with Crippen molar-refractivity contribution < 1.29 is 17.9 Å². The molecule has 1 aliphatic heterocycles. The van der Waals surface area contributed by atoms with Gasteiger partial charge in [0.15, 0.2) is 15.8 Å². The topological polar surface area (TPSA) is 88.1 Å². The van der Waals surface area contributed by atoms with Crippen LogP contribution in [0.5, 0.6) is 0 Å². The first-order valence-electron chi connectivity index (χ1n) is 8.47. The molecule has 8 heteroatoms. The quantitative estimate of drug-likeness (QED) is 0.447. The maximum atomic E-state index is 12.1. The van der Waals surface area contributed by atoms with Gasteiger partial charge in [-0.3, -0.25) is 9.79 Å². The van der Waals surface area contributed by atoms with E-state index >= 15 is 0 Å². The number of piperidine rings is 1. The maximum absolute atomic E-state index is 12.1. The molecule has 0 unspecified atom stereocenters. The van der Waals surface area contributed by atoms with Gasteiger partial charge in [0, 0.05) is 26.7 Å². The van der Waals surface area contributed by atoms with E-state index in [1.807, 2.05) is 6.92 Å². The number of nitrogens with zero attached hydrogens (tertiary/aromatic N) is 2. The molecule has 0 aromatic rings. The third kappa shape index (κ3) is 5.65. The van der Waals surface area contributed by atoms with Gasteiger partial charge in [-0.25, -0.2) is 8.42 Å². The van der Waals surface area contributed by atoms with E-state index in [-0.39, 0.29) is 17.6 Å². The minimum atomic E-state index is -3.16. The Morgan fingerprint density at radius 2 is 1.88 bits per heavy atom. The van der Waals surface area contributed by atoms with Gasteiger partial charge in [-0.2, -0.15) is 0 Å². The molecule has 0 radical (unpaired) electrons. The molecule has 1 fully saturated rings. The summed E-state index contributed by atoms with van der Waals surface area (Å²) < 4.78 is 28.6. The molecule has 1 heterocycles. The first-order valence-corrected chi connectivity index (χ1v) is 10.1. The largest absolute Gasteiger partial charge is 0.466 e. The Balaban J connectivity index is 2.48. The van der Waals surface area contributed by atoms with Crippen LogP contribution in [0.2, 0.25) is 0 Å². The molecule has 0 aliphatic carbocycles. The summed E-state index contributed by atoms with van der Waals surface area (Å²) in [7, 11) is -1.48. The molecule has 7 nitrogen and oxygen atoms in total. The highest BCUT2D eigenvalue weighted by molar-refractivity contribution is 7.92. The SMILES string of the molecule is CCOC(=O)C1CCN(C(=NC)NCCS(=O)(=O)C(C)(C)C)CC1. The lowest BCUT2D eigenvalue weighted by Crippen LogP contribution is -2.48. The molecule has 0 bridgehead atoms. The minimum Gasteiger partial charge on any atom is -0.466 e. The van der Waals surface area contributed by atoms with Crippen LogP contribution in [0.3, 0.4) is 0 Å². The number of sulfone groups is 1. The van der Waals surface area contributed by atoms with Gasteiger partial charge >= 0.3 is 5.97 Å². The molecule has 0 atom stereocenters. The fraction of sp³-hybridized carbons (Fsp3) is 0.875. The van der Waals surface area contributed by atoms with Gasteiger partial charge in [-0.15, -0.1) is 0 Å². The zero-order valence-corrected chi connectivity index (χ0v) is 16.3. The van der Waals surface area contributed by atoms with Gasteiger partial charge in [0.2, 0.25) is 0 Å². The molecule has 1 N–H and O–H groups in total. The standard InChI is InChI=1S/C16H31N3O4S/c1-6-23-14(20)13-7-10-19(11-8-13)15(17-5)18-9-12-24(21,22)16(2,3)4/h13H,6-12H2,1-5H3,(H,17,18). The van der Waals surface area contributed by atoms with E-state index in [0.717, 1.165) is 12.8 Å². The number of hydrogen-bond acceptors (Lipinski definition) is 5. The molecule has 0 spiro atoms. The Bertz CT molecular complexity index is 544. The van der Waals surface area contributed by atoms with Crippen molar-refractivity contribution in [1.29, 1.82) is 0 Å². The van der Waals surface area contributed by atoms with Gasteiger partial charge in [0.1, 0.15) is 0 Å². The summed E-state index contributed by atoms with van der Waals surface area (Å²) >= 11 is 0. The predicted molar refractivity (Wildman–Crippen MR) is 95.8 cm³/mol. The third-order valence-corrected chi connectivity index (χ3v) is 6.82. The molecule has 1 rings (SSSR count). The van der Waals surface area contributed by atoms with E-state index < -0.39 is 14.6 Å². The molecule has 1 saturated heterocycles. The third-order valence-electron chi connectivity index (χ3n) is 4.21. The zero-order valence-electron chi connectivity index (χ0n) is 15.5. The number of carbonyl (C=O) groups is 1. The van der Waals surface area contributed by atoms with E-state index in [1.165, 1.54) is 0 Å². The Kier molecular flexibility index (Phi) is 7.51. The molecule has 0 saturated carbocycles. The Labute approximate surface area is 145 Å². The summed E-state index contributed by atoms with van der Waals surface area (Å²) in [6.45, 7) is 9.06. The van der Waals surface area contributed by atoms with Crippen molar-refractivity contribution >= 4 is 21.8 Å². The summed E-state index contributed by atoms with van der Waals surface area (Å²) in [5, 5.41) is 3.12. The summed E-state index contributed by atoms with van der Waals surface area (Å²) in [5.74, 6) is 0.563. The molecule has 1 aliphatic rings. The second-order valence-electron chi connectivity index (χ2n) is 6.92. The number of aliphatic imine (C=N–C) groups is 1. The van der Waals surface area contributed by atoms with E-state index in [4.69, 9.17) is 4.74 Å². The first-order chi connectivity index (χ1) is 11.1. The van der Waals surface area contributed by atoms with E-state index in [0.29, 0.717) is 32.2 Å². The van der Waals surface area contributed by atoms with Crippen LogP contribution in [-0.4, -0.2) is 69.0 Å². The lowest BCUT2D eigenvalue weighted by Gasteiger charge is -2.33. The van der Waals surface area contributed by atoms with Crippen molar-refractivity contribution in [3.63, 3.8) is 0 Å². The summed E-state index contributed by atoms with van der Waals surface area (Å²) in [4.78, 5) is 18.0. The second-order valence-corrected chi connectivity index (χ2v) is 9.78. The average molecular weight is 362 g/mol. The molecule has 24 heavy (non-hydrogen) atoms. The average Bonchev–Trinajstić information content (AvgIpc) is 2.51. The number of rotatable bonds is 5.